The Morgan fingerprint density at radius 3 is 2.68 bits per heavy atom. The number of ether oxygens (including phenoxy) is 1. The van der Waals surface area contributed by atoms with E-state index in [-0.39, 0.29) is 23.1 Å². The van der Waals surface area contributed by atoms with Gasteiger partial charge in [-0.2, -0.15) is 4.98 Å². The first-order chi connectivity index (χ1) is 10.5. The Morgan fingerprint density at radius 1 is 1.36 bits per heavy atom. The van der Waals surface area contributed by atoms with E-state index in [9.17, 15) is 15.0 Å². The molecule has 3 heterocycles. The van der Waals surface area contributed by atoms with Crippen LogP contribution in [-0.2, 0) is 4.74 Å². The van der Waals surface area contributed by atoms with Gasteiger partial charge in [0.05, 0.1) is 6.61 Å². The normalized spacial score (nSPS) is 28.4. The summed E-state index contributed by atoms with van der Waals surface area (Å²) in [7, 11) is 0. The van der Waals surface area contributed by atoms with E-state index in [4.69, 9.17) is 20.8 Å². The summed E-state index contributed by atoms with van der Waals surface area (Å²) in [6.07, 6.45) is -5.08. The van der Waals surface area contributed by atoms with Gasteiger partial charge in [0.15, 0.2) is 17.4 Å². The largest absolute Gasteiger partial charge is 0.394 e. The van der Waals surface area contributed by atoms with Crippen molar-refractivity contribution in [2.75, 3.05) is 17.8 Å². The van der Waals surface area contributed by atoms with E-state index >= 15 is 0 Å². The monoisotopic (exact) mass is 314 g/mol. The van der Waals surface area contributed by atoms with Crippen LogP contribution in [0.4, 0.5) is 11.9 Å². The van der Waals surface area contributed by atoms with Crippen molar-refractivity contribution < 1.29 is 25.3 Å². The summed E-state index contributed by atoms with van der Waals surface area (Å²) in [6.45, 7) is -0.528. The van der Waals surface area contributed by atoms with Crippen molar-refractivity contribution in [1.29, 1.82) is 0 Å². The lowest BCUT2D eigenvalue weighted by Gasteiger charge is -2.18. The van der Waals surface area contributed by atoms with Crippen LogP contribution in [0.2, 0.25) is 0 Å². The molecular weight excluding hydrogens is 300 g/mol. The van der Waals surface area contributed by atoms with Crippen LogP contribution in [-0.4, -0.2) is 65.0 Å². The van der Waals surface area contributed by atoms with Gasteiger partial charge in [-0.1, -0.05) is 0 Å². The van der Waals surface area contributed by atoms with Gasteiger partial charge in [-0.05, 0) is 0 Å². The van der Waals surface area contributed by atoms with Crippen molar-refractivity contribution in [3.63, 3.8) is 0 Å². The molecule has 0 bridgehead atoms. The number of fused-ring (bicyclic) bond motifs is 1. The van der Waals surface area contributed by atoms with Gasteiger partial charge in [0.2, 0.25) is 11.9 Å². The number of nitrogens with zero attached hydrogens (tertiary/aromatic N) is 3. The lowest BCUT2D eigenvalue weighted by molar-refractivity contribution is -0.0505. The first kappa shape index (κ1) is 14.7. The molecule has 3 rings (SSSR count). The second-order valence-electron chi connectivity index (χ2n) is 4.77. The third-order valence-corrected chi connectivity index (χ3v) is 3.44. The van der Waals surface area contributed by atoms with E-state index < -0.39 is 36.7 Å². The number of hydrogen-bond acceptors (Lipinski definition) is 10. The predicted octanol–water partition coefficient (Wildman–Crippen LogP) is -2.89. The van der Waals surface area contributed by atoms with E-state index in [1.165, 1.54) is 0 Å². The molecule has 8 N–H and O–H groups in total. The second-order valence-corrected chi connectivity index (χ2v) is 4.77. The smallest absolute Gasteiger partial charge is 0.280 e. The fourth-order valence-electron chi connectivity index (χ4n) is 2.41. The van der Waals surface area contributed by atoms with Crippen molar-refractivity contribution in [3.05, 3.63) is 10.4 Å². The maximum atomic E-state index is 11.8. The Labute approximate surface area is 121 Å². The molecule has 1 aliphatic heterocycles. The topological polar surface area (TPSA) is 192 Å². The molecule has 22 heavy (non-hydrogen) atoms. The van der Waals surface area contributed by atoms with Crippen LogP contribution in [0.3, 0.4) is 0 Å². The first-order valence-electron chi connectivity index (χ1n) is 6.28. The van der Waals surface area contributed by atoms with Crippen LogP contribution in [0, 0.1) is 0 Å². The first-order valence-corrected chi connectivity index (χ1v) is 6.28. The number of aliphatic hydroxyl groups excluding tert-OH is 3. The molecule has 2 aromatic heterocycles. The number of anilines is 2. The average Bonchev–Trinajstić information content (AvgIpc) is 2.98. The molecule has 1 aliphatic rings. The standard InChI is InChI=1S/C10H14N6O6/c11-9-13-6-3(7(20)14-9)12-10(15-21)16(6)8-5(19)4(18)2(1-17)22-8/h2,4-5,8,17-19,21H,1H2,(H,12,15)(H3,11,13,14,20)/t2-,4-,5-,8-/m1/s1. The van der Waals surface area contributed by atoms with Crippen LogP contribution in [0.5, 0.6) is 0 Å². The summed E-state index contributed by atoms with van der Waals surface area (Å²) in [5.41, 5.74) is 6.37. The average molecular weight is 314 g/mol. The molecule has 0 saturated carbocycles. The number of hydrogen-bond donors (Lipinski definition) is 7. The molecule has 0 aliphatic carbocycles. The summed E-state index contributed by atoms with van der Waals surface area (Å²) < 4.78 is 6.41. The summed E-state index contributed by atoms with van der Waals surface area (Å²) in [5.74, 6) is -0.441. The van der Waals surface area contributed by atoms with Crippen LogP contribution in [0.25, 0.3) is 11.2 Å². The SMILES string of the molecule is Nc1nc2c(nc(NO)n2[C@@H]2O[C@H](CO)[C@@H](O)[C@H]2O)c(=O)[nH]1. The Hall–Kier alpha value is -2.25. The predicted molar refractivity (Wildman–Crippen MR) is 71.0 cm³/mol. The Kier molecular flexibility index (Phi) is 3.46. The van der Waals surface area contributed by atoms with E-state index in [2.05, 4.69) is 15.0 Å². The number of aromatic amines is 1. The molecule has 1 fully saturated rings. The highest BCUT2D eigenvalue weighted by atomic mass is 16.6. The summed E-state index contributed by atoms with van der Waals surface area (Å²) >= 11 is 0. The highest BCUT2D eigenvalue weighted by Gasteiger charge is 2.45. The number of imidazole rings is 1. The maximum absolute atomic E-state index is 11.8. The van der Waals surface area contributed by atoms with Crippen molar-refractivity contribution in [2.45, 2.75) is 24.5 Å². The minimum Gasteiger partial charge on any atom is -0.394 e. The molecule has 1 saturated heterocycles. The zero-order valence-corrected chi connectivity index (χ0v) is 11.0. The van der Waals surface area contributed by atoms with E-state index in [0.717, 1.165) is 4.57 Å². The molecule has 4 atom stereocenters. The summed E-state index contributed by atoms with van der Waals surface area (Å²) in [5, 5.41) is 38.1. The molecular formula is C10H14N6O6. The maximum Gasteiger partial charge on any atom is 0.280 e. The molecule has 120 valence electrons. The molecule has 0 radical (unpaired) electrons. The fraction of sp³-hybridized carbons (Fsp3) is 0.500. The molecule has 0 unspecified atom stereocenters. The third kappa shape index (κ3) is 2.01. The number of nitrogens with two attached hydrogens (primary N) is 1. The Morgan fingerprint density at radius 2 is 2.09 bits per heavy atom. The third-order valence-electron chi connectivity index (χ3n) is 3.44. The highest BCUT2D eigenvalue weighted by Crippen LogP contribution is 2.33. The molecule has 0 spiro atoms. The van der Waals surface area contributed by atoms with Crippen molar-refractivity contribution >= 4 is 23.1 Å². The quantitative estimate of drug-likeness (QED) is 0.289. The van der Waals surface area contributed by atoms with Gasteiger partial charge in [-0.25, -0.2) is 10.5 Å². The van der Waals surface area contributed by atoms with Crippen molar-refractivity contribution in [2.24, 2.45) is 0 Å². The Balaban J connectivity index is 2.20. The fourth-order valence-corrected chi connectivity index (χ4v) is 2.41. The van der Waals surface area contributed by atoms with Gasteiger partial charge in [-0.15, -0.1) is 0 Å². The number of aromatic nitrogens is 4. The minimum atomic E-state index is -1.44. The van der Waals surface area contributed by atoms with Gasteiger partial charge < -0.3 is 25.8 Å². The van der Waals surface area contributed by atoms with Crippen LogP contribution in [0.1, 0.15) is 6.23 Å². The molecule has 12 nitrogen and oxygen atoms in total. The van der Waals surface area contributed by atoms with Gasteiger partial charge in [0, 0.05) is 0 Å². The minimum absolute atomic E-state index is 0.0624. The molecule has 0 aromatic carbocycles. The van der Waals surface area contributed by atoms with Gasteiger partial charge in [0.25, 0.3) is 5.56 Å². The van der Waals surface area contributed by atoms with Crippen LogP contribution >= 0.6 is 0 Å². The van der Waals surface area contributed by atoms with E-state index in [1.54, 1.807) is 5.48 Å². The summed E-state index contributed by atoms with van der Waals surface area (Å²) in [4.78, 5) is 21.8. The number of rotatable bonds is 3. The van der Waals surface area contributed by atoms with Crippen molar-refractivity contribution in [1.82, 2.24) is 19.5 Å². The van der Waals surface area contributed by atoms with E-state index in [1.807, 2.05) is 0 Å². The van der Waals surface area contributed by atoms with Crippen LogP contribution in [0.15, 0.2) is 4.79 Å². The van der Waals surface area contributed by atoms with Crippen molar-refractivity contribution in [3.8, 4) is 0 Å². The molecule has 2 aromatic rings. The number of aliphatic hydroxyl groups is 3. The van der Waals surface area contributed by atoms with Gasteiger partial charge in [0.1, 0.15) is 18.3 Å². The second kappa shape index (κ2) is 5.19. The zero-order valence-electron chi connectivity index (χ0n) is 11.0. The van der Waals surface area contributed by atoms with Gasteiger partial charge in [-0.3, -0.25) is 19.6 Å². The summed E-state index contributed by atoms with van der Waals surface area (Å²) in [6, 6.07) is 0. The van der Waals surface area contributed by atoms with E-state index in [0.29, 0.717) is 0 Å². The molecule has 0 amide bonds. The zero-order chi connectivity index (χ0) is 16.0. The van der Waals surface area contributed by atoms with Gasteiger partial charge >= 0.3 is 0 Å². The lowest BCUT2D eigenvalue weighted by Crippen LogP contribution is -2.33. The number of nitrogens with one attached hydrogen (secondary N) is 2. The molecule has 12 heteroatoms. The van der Waals surface area contributed by atoms with Crippen LogP contribution < -0.4 is 16.8 Å². The number of H-pyrrole nitrogens is 1. The highest BCUT2D eigenvalue weighted by molar-refractivity contribution is 5.74. The lowest BCUT2D eigenvalue weighted by atomic mass is 10.1. The number of nitrogen functional groups attached to an aromatic ring is 1. The Bertz CT molecular complexity index is 758.